The molecule has 3 heterocycles. The molecule has 19 heteroatoms. The fraction of sp³-hybridized carbons (Fsp3) is 0.607. The van der Waals surface area contributed by atoms with E-state index in [9.17, 15) is 44.3 Å². The normalized spacial score (nSPS) is 24.8. The molecule has 0 radical (unpaired) electrons. The second kappa shape index (κ2) is 13.0. The summed E-state index contributed by atoms with van der Waals surface area (Å²) in [6, 6.07) is 1.19. The number of hydrogen-bond acceptors (Lipinski definition) is 8. The van der Waals surface area contributed by atoms with Gasteiger partial charge in [0, 0.05) is 24.2 Å². The van der Waals surface area contributed by atoms with Crippen LogP contribution in [0.15, 0.2) is 16.8 Å². The number of nitrogens with zero attached hydrogens (tertiary/aromatic N) is 4. The van der Waals surface area contributed by atoms with Crippen LogP contribution in [0.5, 0.6) is 0 Å². The molecule has 1 saturated carbocycles. The lowest BCUT2D eigenvalue weighted by atomic mass is 9.81. The van der Waals surface area contributed by atoms with Gasteiger partial charge in [0.1, 0.15) is 26.9 Å². The van der Waals surface area contributed by atoms with Crippen molar-refractivity contribution in [2.45, 2.75) is 88.8 Å². The van der Waals surface area contributed by atoms with Crippen LogP contribution < -0.4 is 5.32 Å². The molecule has 6 atom stereocenters. The van der Waals surface area contributed by atoms with Crippen LogP contribution in [0, 0.1) is 18.7 Å². The number of imidazole rings is 1. The average molecular weight is 697 g/mol. The quantitative estimate of drug-likeness (QED) is 0.229. The van der Waals surface area contributed by atoms with Gasteiger partial charge in [0.25, 0.3) is 5.91 Å². The number of likely N-dealkylation sites (tertiary alicyclic amines) is 1. The fourth-order valence-electron chi connectivity index (χ4n) is 5.97. The van der Waals surface area contributed by atoms with Crippen molar-refractivity contribution in [3.8, 4) is 0 Å². The molecule has 2 fully saturated rings. The number of aromatic nitrogens is 4. The number of amides is 2. The van der Waals surface area contributed by atoms with Gasteiger partial charge in [-0.1, -0.05) is 18.1 Å². The van der Waals surface area contributed by atoms with E-state index in [0.29, 0.717) is 0 Å². The summed E-state index contributed by atoms with van der Waals surface area (Å²) in [7, 11) is -3.81. The molecule has 2 aromatic heterocycles. The first-order valence-corrected chi connectivity index (χ1v) is 16.6. The number of aromatic amines is 1. The second-order valence-electron chi connectivity index (χ2n) is 11.8. The number of benzene rings is 1. The Bertz CT molecular complexity index is 1730. The summed E-state index contributed by atoms with van der Waals surface area (Å²) in [5.74, 6) is -10.1. The topological polar surface area (TPSA) is 151 Å². The van der Waals surface area contributed by atoms with Crippen molar-refractivity contribution < 1.29 is 53.4 Å². The van der Waals surface area contributed by atoms with E-state index in [4.69, 9.17) is 0 Å². The number of aryl methyl sites for hydroxylation is 1. The standard InChI is InChI=1S/C28H31F7N6O5S/c1-3-47(44,45)11-8-15(27(43)41-23(32)18(30)19(31)24(41)33)14-4-5-16-22(17(14)29)37-25(36-16)21(13-6-9-28(34,35)10-7-13)38-26(42)20-12(2)39-46-40-20/h4-5,13,15,18-19,21,23-24H,3,6-11H2,1-2H3,(H,36,37)(H,38,42)/t15?,18?,19?,21-,23?,24?/m0/s1. The van der Waals surface area contributed by atoms with E-state index in [-0.39, 0.29) is 46.2 Å². The van der Waals surface area contributed by atoms with Gasteiger partial charge in [-0.05, 0) is 43.3 Å². The summed E-state index contributed by atoms with van der Waals surface area (Å²) in [6.45, 7) is 2.76. The molecule has 2 N–H and O–H groups in total. The highest BCUT2D eigenvalue weighted by molar-refractivity contribution is 7.91. The Hall–Kier alpha value is -3.77. The van der Waals surface area contributed by atoms with Crippen molar-refractivity contribution >= 4 is 32.7 Å². The molecule has 2 aliphatic rings. The van der Waals surface area contributed by atoms with Crippen LogP contribution in [0.2, 0.25) is 0 Å². The summed E-state index contributed by atoms with van der Waals surface area (Å²) in [4.78, 5) is 33.2. The SMILES string of the molecule is CCS(=O)(=O)CCC(C(=O)N1C(F)C(F)C(F)C1F)c1ccc2[nH]c([C@@H](NC(=O)c3nonc3C)C3CCC(F)(F)CC3)nc2c1F. The third-order valence-corrected chi connectivity index (χ3v) is 10.5. The number of hydrogen-bond donors (Lipinski definition) is 2. The zero-order valence-electron chi connectivity index (χ0n) is 25.0. The number of fused-ring (bicyclic) bond motifs is 1. The van der Waals surface area contributed by atoms with Crippen molar-refractivity contribution in [1.82, 2.24) is 30.5 Å². The summed E-state index contributed by atoms with van der Waals surface area (Å²) < 4.78 is 130. The number of H-pyrrole nitrogens is 1. The van der Waals surface area contributed by atoms with E-state index < -0.39 is 112 Å². The lowest BCUT2D eigenvalue weighted by Gasteiger charge is -2.33. The number of rotatable bonds is 10. The molecule has 258 valence electrons. The van der Waals surface area contributed by atoms with Crippen molar-refractivity contribution in [3.05, 3.63) is 40.7 Å². The highest BCUT2D eigenvalue weighted by Gasteiger charge is 2.55. The molecule has 2 amide bonds. The number of halogens is 7. The molecule has 1 aliphatic heterocycles. The Labute approximate surface area is 263 Å². The van der Waals surface area contributed by atoms with Gasteiger partial charge in [0.05, 0.1) is 23.2 Å². The molecule has 0 spiro atoms. The average Bonchev–Trinajstić information content (AvgIpc) is 3.71. The fourth-order valence-corrected chi connectivity index (χ4v) is 6.85. The van der Waals surface area contributed by atoms with Crippen LogP contribution in [0.4, 0.5) is 30.7 Å². The van der Waals surface area contributed by atoms with Gasteiger partial charge < -0.3 is 10.3 Å². The molecule has 1 aliphatic carbocycles. The highest BCUT2D eigenvalue weighted by atomic mass is 32.2. The molecule has 1 aromatic carbocycles. The lowest BCUT2D eigenvalue weighted by molar-refractivity contribution is -0.144. The summed E-state index contributed by atoms with van der Waals surface area (Å²) in [6.07, 6.45) is -13.9. The second-order valence-corrected chi connectivity index (χ2v) is 14.3. The van der Waals surface area contributed by atoms with E-state index in [1.165, 1.54) is 19.9 Å². The number of sulfone groups is 1. The molecule has 0 bridgehead atoms. The van der Waals surface area contributed by atoms with Crippen LogP contribution in [-0.2, 0) is 14.6 Å². The van der Waals surface area contributed by atoms with Gasteiger partial charge in [0.15, 0.2) is 23.9 Å². The molecule has 1 saturated heterocycles. The maximum atomic E-state index is 16.2. The Morgan fingerprint density at radius 2 is 1.74 bits per heavy atom. The number of carbonyl (C=O) groups is 2. The van der Waals surface area contributed by atoms with Gasteiger partial charge in [-0.25, -0.2) is 48.8 Å². The van der Waals surface area contributed by atoms with Gasteiger partial charge in [-0.2, -0.15) is 0 Å². The number of alkyl halides is 6. The third kappa shape index (κ3) is 6.80. The van der Waals surface area contributed by atoms with Gasteiger partial charge in [0.2, 0.25) is 24.4 Å². The van der Waals surface area contributed by atoms with Crippen molar-refractivity contribution in [1.29, 1.82) is 0 Å². The van der Waals surface area contributed by atoms with Crippen molar-refractivity contribution in [2.24, 2.45) is 5.92 Å². The maximum Gasteiger partial charge on any atom is 0.276 e. The Morgan fingerprint density at radius 1 is 1.11 bits per heavy atom. The predicted octanol–water partition coefficient (Wildman–Crippen LogP) is 4.71. The van der Waals surface area contributed by atoms with Gasteiger partial charge >= 0.3 is 0 Å². The minimum absolute atomic E-state index is 0.00820. The molecule has 5 rings (SSSR count). The van der Waals surface area contributed by atoms with Crippen LogP contribution in [0.3, 0.4) is 0 Å². The molecule has 11 nitrogen and oxygen atoms in total. The zero-order chi connectivity index (χ0) is 34.4. The Kier molecular flexibility index (Phi) is 9.58. The van der Waals surface area contributed by atoms with Crippen LogP contribution in [0.1, 0.15) is 78.6 Å². The zero-order valence-corrected chi connectivity index (χ0v) is 25.8. The number of nitrogens with one attached hydrogen (secondary N) is 2. The first-order chi connectivity index (χ1) is 22.0. The molecule has 47 heavy (non-hydrogen) atoms. The van der Waals surface area contributed by atoms with E-state index in [0.717, 1.165) is 6.07 Å². The lowest BCUT2D eigenvalue weighted by Crippen LogP contribution is -2.43. The monoisotopic (exact) mass is 696 g/mol. The first kappa shape index (κ1) is 34.6. The molecule has 5 unspecified atom stereocenters. The first-order valence-electron chi connectivity index (χ1n) is 14.8. The molecular formula is C28H31F7N6O5S. The minimum Gasteiger partial charge on any atom is -0.340 e. The smallest absolute Gasteiger partial charge is 0.276 e. The summed E-state index contributed by atoms with van der Waals surface area (Å²) >= 11 is 0. The van der Waals surface area contributed by atoms with Crippen molar-refractivity contribution in [3.63, 3.8) is 0 Å². The van der Waals surface area contributed by atoms with Crippen molar-refractivity contribution in [2.75, 3.05) is 11.5 Å². The maximum absolute atomic E-state index is 16.2. The highest BCUT2D eigenvalue weighted by Crippen LogP contribution is 2.42. The third-order valence-electron chi connectivity index (χ3n) is 8.77. The van der Waals surface area contributed by atoms with E-state index in [1.807, 2.05) is 0 Å². The van der Waals surface area contributed by atoms with Gasteiger partial charge in [-0.3, -0.25) is 14.5 Å². The summed E-state index contributed by atoms with van der Waals surface area (Å²) in [5.41, 5.74) is -1.02. The largest absolute Gasteiger partial charge is 0.340 e. The minimum atomic E-state index is -3.81. The van der Waals surface area contributed by atoms with Gasteiger partial charge in [-0.15, -0.1) is 0 Å². The number of carbonyl (C=O) groups excluding carboxylic acids is 2. The van der Waals surface area contributed by atoms with E-state index in [2.05, 4.69) is 30.2 Å². The summed E-state index contributed by atoms with van der Waals surface area (Å²) in [5, 5.41) is 9.75. The van der Waals surface area contributed by atoms with Crippen LogP contribution in [0.25, 0.3) is 11.0 Å². The van der Waals surface area contributed by atoms with E-state index >= 15 is 4.39 Å². The molecule has 3 aromatic rings. The molecular weight excluding hydrogens is 665 g/mol. The van der Waals surface area contributed by atoms with E-state index in [1.54, 1.807) is 0 Å². The van der Waals surface area contributed by atoms with Crippen LogP contribution >= 0.6 is 0 Å². The van der Waals surface area contributed by atoms with Crippen LogP contribution in [-0.4, -0.2) is 87.8 Å². The predicted molar refractivity (Wildman–Crippen MR) is 150 cm³/mol. The Balaban J connectivity index is 1.54. The Morgan fingerprint density at radius 3 is 2.32 bits per heavy atom.